The van der Waals surface area contributed by atoms with Crippen LogP contribution in [0, 0.1) is 28.6 Å². The molecule has 0 aromatic rings. The van der Waals surface area contributed by atoms with Gasteiger partial charge in [-0.3, -0.25) is 14.6 Å². The van der Waals surface area contributed by atoms with E-state index in [9.17, 15) is 24.9 Å². The molecule has 0 heterocycles. The fourth-order valence-corrected chi connectivity index (χ4v) is 8.96. The number of alkyl halides is 1. The van der Waals surface area contributed by atoms with Crippen LogP contribution >= 0.6 is 0 Å². The zero-order chi connectivity index (χ0) is 28.9. The molecule has 1 unspecified atom stereocenters. The number of hydrogen-bond donors (Lipinski definition) is 3. The number of allylic oxidation sites excluding steroid dienone is 5. The molecule has 0 spiro atoms. The van der Waals surface area contributed by atoms with Crippen molar-refractivity contribution in [1.82, 2.24) is 0 Å². The molecule has 0 amide bonds. The maximum Gasteiger partial charge on any atom is 0.328 e. The molecule has 8 heteroatoms. The first-order valence-corrected chi connectivity index (χ1v) is 15.0. The Morgan fingerprint density at radius 3 is 2.70 bits per heavy atom. The van der Waals surface area contributed by atoms with Crippen molar-refractivity contribution in [2.24, 2.45) is 33.6 Å². The van der Waals surface area contributed by atoms with Crippen LogP contribution in [-0.2, 0) is 14.3 Å². The number of nitrogens with zero attached hydrogens (tertiary/aromatic N) is 1. The van der Waals surface area contributed by atoms with Crippen molar-refractivity contribution in [3.8, 4) is 0 Å². The Balaban J connectivity index is 1.35. The third kappa shape index (κ3) is 4.28. The summed E-state index contributed by atoms with van der Waals surface area (Å²) >= 11 is 0. The molecule has 5 aliphatic rings. The first-order valence-electron chi connectivity index (χ1n) is 15.0. The van der Waals surface area contributed by atoms with Crippen molar-refractivity contribution < 1.29 is 34.0 Å². The Morgan fingerprint density at radius 1 is 1.18 bits per heavy atom. The van der Waals surface area contributed by atoms with Gasteiger partial charge in [0.1, 0.15) is 24.9 Å². The van der Waals surface area contributed by atoms with Crippen LogP contribution in [0.5, 0.6) is 0 Å². The Morgan fingerprint density at radius 2 is 1.95 bits per heavy atom. The minimum Gasteiger partial charge on any atom is -0.457 e. The molecule has 9 atom stereocenters. The predicted octanol–water partition coefficient (Wildman–Crippen LogP) is 4.20. The van der Waals surface area contributed by atoms with E-state index in [1.807, 2.05) is 19.1 Å². The SMILES string of the molecule is C[C@@H]1C[C@H]2[C@@H]3CCC4=CC(=NCC(=O)OC5/C=C/CCCCC5)C=C[C@]4(C)[C@@]3(F)[C@@H](O)C[C@]2(C)[C@@]1(O)C(=O)CO. The minimum absolute atomic E-state index is 0.0731. The van der Waals surface area contributed by atoms with Gasteiger partial charge in [0.2, 0.25) is 0 Å². The summed E-state index contributed by atoms with van der Waals surface area (Å²) in [5.74, 6) is -2.40. The Kier molecular flexibility index (Phi) is 7.77. The number of ketones is 1. The highest BCUT2D eigenvalue weighted by molar-refractivity contribution is 6.06. The predicted molar refractivity (Wildman–Crippen MR) is 149 cm³/mol. The van der Waals surface area contributed by atoms with E-state index < -0.39 is 58.4 Å². The summed E-state index contributed by atoms with van der Waals surface area (Å²) in [7, 11) is 0. The molecule has 0 aromatic carbocycles. The molecule has 0 aromatic heterocycles. The smallest absolute Gasteiger partial charge is 0.328 e. The maximum atomic E-state index is 17.5. The van der Waals surface area contributed by atoms with Crippen LogP contribution in [0.2, 0.25) is 0 Å². The van der Waals surface area contributed by atoms with Gasteiger partial charge in [0, 0.05) is 16.7 Å². The lowest BCUT2D eigenvalue weighted by Gasteiger charge is -2.62. The molecule has 220 valence electrons. The fourth-order valence-electron chi connectivity index (χ4n) is 8.96. The third-order valence-corrected chi connectivity index (χ3v) is 11.2. The van der Waals surface area contributed by atoms with Crippen molar-refractivity contribution in [3.63, 3.8) is 0 Å². The highest BCUT2D eigenvalue weighted by Gasteiger charge is 2.75. The summed E-state index contributed by atoms with van der Waals surface area (Å²) in [6, 6.07) is 0. The van der Waals surface area contributed by atoms with Gasteiger partial charge >= 0.3 is 5.97 Å². The Hall–Kier alpha value is -2.16. The molecule has 5 rings (SSSR count). The largest absolute Gasteiger partial charge is 0.457 e. The number of aliphatic imine (C=N–C) groups is 1. The molecular formula is C32H44FNO6. The molecule has 40 heavy (non-hydrogen) atoms. The lowest BCUT2D eigenvalue weighted by atomic mass is 9.44. The van der Waals surface area contributed by atoms with Crippen LogP contribution in [-0.4, -0.2) is 69.4 Å². The topological polar surface area (TPSA) is 116 Å². The number of fused-ring (bicyclic) bond motifs is 5. The zero-order valence-electron chi connectivity index (χ0n) is 23.9. The van der Waals surface area contributed by atoms with Crippen LogP contribution < -0.4 is 0 Å². The second-order valence-electron chi connectivity index (χ2n) is 13.2. The summed E-state index contributed by atoms with van der Waals surface area (Å²) in [5.41, 5.74) is -4.55. The first kappa shape index (κ1) is 29.3. The molecular weight excluding hydrogens is 513 g/mol. The average molecular weight is 558 g/mol. The molecule has 0 aliphatic heterocycles. The number of esters is 1. The molecule has 0 radical (unpaired) electrons. The normalized spacial score (nSPS) is 46.3. The van der Waals surface area contributed by atoms with E-state index in [1.54, 1.807) is 26.0 Å². The second kappa shape index (κ2) is 10.6. The number of ether oxygens (including phenoxy) is 1. The Bertz CT molecular complexity index is 1160. The summed E-state index contributed by atoms with van der Waals surface area (Å²) < 4.78 is 23.1. The monoisotopic (exact) mass is 557 g/mol. The summed E-state index contributed by atoms with van der Waals surface area (Å²) in [5, 5.41) is 32.7. The van der Waals surface area contributed by atoms with Crippen molar-refractivity contribution in [3.05, 3.63) is 36.0 Å². The van der Waals surface area contributed by atoms with Crippen molar-refractivity contribution in [2.45, 2.75) is 102 Å². The standard InChI is InChI=1S/C32H44FNO6/c1-20-15-25-24-12-11-21-16-22(34-18-28(38)40-23-9-7-5-4-6-8-10-23)13-14-29(21,2)31(24,33)26(36)17-30(25,3)32(20,39)27(37)19-35/h7,9,13-14,16,20,23-26,35-36,39H,4-6,8,10-12,15,17-19H2,1-3H3/b9-7+,34-22?/t20-,23?,24+,25+,26+,29+,30+,31+,32+/m1/s1. The second-order valence-corrected chi connectivity index (χ2v) is 13.2. The van der Waals surface area contributed by atoms with Gasteiger partial charge in [0.25, 0.3) is 0 Å². The van der Waals surface area contributed by atoms with Gasteiger partial charge in [-0.05, 0) is 88.4 Å². The summed E-state index contributed by atoms with van der Waals surface area (Å²) in [4.78, 5) is 29.7. The van der Waals surface area contributed by atoms with E-state index >= 15 is 4.39 Å². The number of hydrogen-bond acceptors (Lipinski definition) is 7. The van der Waals surface area contributed by atoms with Crippen molar-refractivity contribution >= 4 is 17.5 Å². The number of aliphatic hydroxyl groups excluding tert-OH is 2. The van der Waals surface area contributed by atoms with Crippen LogP contribution in [0.15, 0.2) is 40.9 Å². The lowest BCUT2D eigenvalue weighted by molar-refractivity contribution is -0.219. The van der Waals surface area contributed by atoms with E-state index in [4.69, 9.17) is 4.74 Å². The van der Waals surface area contributed by atoms with Gasteiger partial charge in [-0.2, -0.15) is 0 Å². The summed E-state index contributed by atoms with van der Waals surface area (Å²) in [6.45, 7) is 4.46. The van der Waals surface area contributed by atoms with E-state index in [2.05, 4.69) is 11.1 Å². The van der Waals surface area contributed by atoms with Crippen molar-refractivity contribution in [1.29, 1.82) is 0 Å². The minimum atomic E-state index is -2.00. The molecule has 3 fully saturated rings. The number of carbonyl (C=O) groups is 2. The van der Waals surface area contributed by atoms with Gasteiger partial charge in [-0.25, -0.2) is 4.39 Å². The van der Waals surface area contributed by atoms with Crippen LogP contribution in [0.4, 0.5) is 4.39 Å². The van der Waals surface area contributed by atoms with E-state index in [0.29, 0.717) is 25.0 Å². The fraction of sp³-hybridized carbons (Fsp3) is 0.719. The highest BCUT2D eigenvalue weighted by Crippen LogP contribution is 2.70. The highest BCUT2D eigenvalue weighted by atomic mass is 19.1. The van der Waals surface area contributed by atoms with Gasteiger partial charge in [-0.1, -0.05) is 38.0 Å². The molecule has 7 nitrogen and oxygen atoms in total. The molecule has 0 saturated heterocycles. The van der Waals surface area contributed by atoms with E-state index in [0.717, 1.165) is 37.7 Å². The van der Waals surface area contributed by atoms with Crippen molar-refractivity contribution in [2.75, 3.05) is 13.2 Å². The van der Waals surface area contributed by atoms with Gasteiger partial charge in [0.15, 0.2) is 11.5 Å². The zero-order valence-corrected chi connectivity index (χ0v) is 23.9. The first-order chi connectivity index (χ1) is 18.9. The quantitative estimate of drug-likeness (QED) is 0.345. The van der Waals surface area contributed by atoms with Crippen LogP contribution in [0.1, 0.15) is 78.6 Å². The number of carbonyl (C=O) groups excluding carboxylic acids is 2. The maximum absolute atomic E-state index is 17.5. The van der Waals surface area contributed by atoms with Gasteiger partial charge in [-0.15, -0.1) is 0 Å². The molecule has 3 saturated carbocycles. The molecule has 0 bridgehead atoms. The third-order valence-electron chi connectivity index (χ3n) is 11.2. The number of aliphatic hydroxyl groups is 3. The van der Waals surface area contributed by atoms with E-state index in [-0.39, 0.29) is 25.0 Å². The van der Waals surface area contributed by atoms with Crippen LogP contribution in [0.25, 0.3) is 0 Å². The molecule has 5 aliphatic carbocycles. The Labute approximate surface area is 236 Å². The molecule has 3 N–H and O–H groups in total. The van der Waals surface area contributed by atoms with Gasteiger partial charge in [0.05, 0.1) is 11.8 Å². The lowest BCUT2D eigenvalue weighted by Crippen LogP contribution is -2.69. The number of rotatable bonds is 5. The number of Topliss-reactive ketones (excluding diaryl/α,β-unsaturated/α-hetero) is 1. The summed E-state index contributed by atoms with van der Waals surface area (Å²) in [6.07, 6.45) is 14.3. The van der Waals surface area contributed by atoms with Crippen LogP contribution in [0.3, 0.4) is 0 Å². The number of halogens is 1. The average Bonchev–Trinajstić information content (AvgIpc) is 3.10. The van der Waals surface area contributed by atoms with Gasteiger partial charge < -0.3 is 20.1 Å². The van der Waals surface area contributed by atoms with E-state index in [1.165, 1.54) is 0 Å².